The summed E-state index contributed by atoms with van der Waals surface area (Å²) in [6.07, 6.45) is 4.83. The fraction of sp³-hybridized carbons (Fsp3) is 0.455. The highest BCUT2D eigenvalue weighted by Crippen LogP contribution is 2.41. The van der Waals surface area contributed by atoms with Gasteiger partial charge in [-0.2, -0.15) is 10.4 Å². The molecule has 0 aromatic carbocycles. The smallest absolute Gasteiger partial charge is 0.130 e. The number of rotatable bonds is 3. The van der Waals surface area contributed by atoms with Crippen molar-refractivity contribution in [2.45, 2.75) is 31.2 Å². The molecule has 1 atom stereocenters. The predicted octanol–water partition coefficient (Wildman–Crippen LogP) is 2.82. The molecule has 0 bridgehead atoms. The number of hydrogen-bond donors (Lipinski definition) is 1. The highest BCUT2D eigenvalue weighted by molar-refractivity contribution is 5.94. The largest absolute Gasteiger partial charge is 0.381 e. The van der Waals surface area contributed by atoms with Crippen molar-refractivity contribution in [1.29, 1.82) is 5.26 Å². The van der Waals surface area contributed by atoms with Gasteiger partial charge in [0, 0.05) is 37.5 Å². The van der Waals surface area contributed by atoms with Crippen molar-refractivity contribution in [3.05, 3.63) is 36.2 Å². The van der Waals surface area contributed by atoms with Crippen LogP contribution in [-0.2, 0) is 14.9 Å². The molecular formula is C22H24N6O2. The second-order valence-corrected chi connectivity index (χ2v) is 7.98. The number of H-pyrrole nitrogens is 1. The number of aromatic amines is 1. The zero-order valence-corrected chi connectivity index (χ0v) is 17.0. The zero-order chi connectivity index (χ0) is 20.6. The Kier molecular flexibility index (Phi) is 4.85. The SMILES string of the molecule is C[C@@H]1COCCN1c1cc(C2(C#N)CCOCC2)c2ccnc(-c3ccn[nH]3)c2n1. The molecule has 0 saturated carbocycles. The maximum absolute atomic E-state index is 10.3. The van der Waals surface area contributed by atoms with E-state index in [4.69, 9.17) is 14.5 Å². The van der Waals surface area contributed by atoms with Crippen LogP contribution in [0.2, 0.25) is 0 Å². The maximum Gasteiger partial charge on any atom is 0.130 e. The topological polar surface area (TPSA) is 100.0 Å². The van der Waals surface area contributed by atoms with E-state index in [-0.39, 0.29) is 6.04 Å². The Labute approximate surface area is 174 Å². The molecule has 2 fully saturated rings. The molecule has 0 amide bonds. The van der Waals surface area contributed by atoms with Gasteiger partial charge in [0.2, 0.25) is 0 Å². The van der Waals surface area contributed by atoms with Crippen LogP contribution in [0, 0.1) is 11.3 Å². The Bertz CT molecular complexity index is 1080. The summed E-state index contributed by atoms with van der Waals surface area (Å²) >= 11 is 0. The number of pyridine rings is 2. The van der Waals surface area contributed by atoms with Gasteiger partial charge in [0.25, 0.3) is 0 Å². The van der Waals surface area contributed by atoms with E-state index in [0.29, 0.717) is 39.3 Å². The molecule has 5 heterocycles. The van der Waals surface area contributed by atoms with Crippen LogP contribution >= 0.6 is 0 Å². The molecule has 0 spiro atoms. The third-order valence-electron chi connectivity index (χ3n) is 6.21. The summed E-state index contributed by atoms with van der Waals surface area (Å²) in [6, 6.07) is 8.80. The van der Waals surface area contributed by atoms with Gasteiger partial charge < -0.3 is 14.4 Å². The first kappa shape index (κ1) is 19.0. The molecule has 0 radical (unpaired) electrons. The standard InChI is InChI=1S/C22H24N6O2/c1-15-13-30-11-8-28(15)19-12-17(22(14-23)4-9-29-10-5-22)16-2-6-24-21(20(16)26-19)18-3-7-25-27-18/h2-3,6-7,12,15H,4-5,8-11,13H2,1H3,(H,25,27)/t15-/m1/s1. The van der Waals surface area contributed by atoms with Crippen molar-refractivity contribution in [3.8, 4) is 17.5 Å². The fourth-order valence-electron chi connectivity index (χ4n) is 4.49. The van der Waals surface area contributed by atoms with Gasteiger partial charge in [0.1, 0.15) is 17.0 Å². The lowest BCUT2D eigenvalue weighted by Crippen LogP contribution is -2.44. The minimum Gasteiger partial charge on any atom is -0.381 e. The molecule has 8 heteroatoms. The first-order valence-corrected chi connectivity index (χ1v) is 10.4. The zero-order valence-electron chi connectivity index (χ0n) is 17.0. The van der Waals surface area contributed by atoms with Gasteiger partial charge in [-0.25, -0.2) is 4.98 Å². The summed E-state index contributed by atoms with van der Waals surface area (Å²) in [6.45, 7) is 5.39. The lowest BCUT2D eigenvalue weighted by Gasteiger charge is -2.36. The Morgan fingerprint density at radius 1 is 1.20 bits per heavy atom. The Morgan fingerprint density at radius 2 is 2.07 bits per heavy atom. The summed E-state index contributed by atoms with van der Waals surface area (Å²) in [5, 5.41) is 18.3. The third kappa shape index (κ3) is 3.11. The van der Waals surface area contributed by atoms with Crippen LogP contribution in [0.4, 0.5) is 5.82 Å². The molecular weight excluding hydrogens is 380 g/mol. The average Bonchev–Trinajstić information content (AvgIpc) is 3.33. The van der Waals surface area contributed by atoms with Gasteiger partial charge in [-0.3, -0.25) is 10.1 Å². The van der Waals surface area contributed by atoms with E-state index in [1.807, 2.05) is 12.1 Å². The molecule has 2 aliphatic rings. The Hall–Kier alpha value is -3.02. The molecule has 30 heavy (non-hydrogen) atoms. The lowest BCUT2D eigenvalue weighted by molar-refractivity contribution is 0.0679. The van der Waals surface area contributed by atoms with Crippen LogP contribution in [0.5, 0.6) is 0 Å². The molecule has 3 aromatic rings. The maximum atomic E-state index is 10.3. The number of fused-ring (bicyclic) bond motifs is 1. The Balaban J connectivity index is 1.77. The predicted molar refractivity (Wildman–Crippen MR) is 112 cm³/mol. The van der Waals surface area contributed by atoms with Gasteiger partial charge in [0.05, 0.1) is 36.4 Å². The van der Waals surface area contributed by atoms with Gasteiger partial charge in [-0.1, -0.05) is 0 Å². The first-order valence-electron chi connectivity index (χ1n) is 10.4. The van der Waals surface area contributed by atoms with Gasteiger partial charge in [-0.05, 0) is 43.5 Å². The van der Waals surface area contributed by atoms with E-state index in [1.54, 1.807) is 12.4 Å². The second kappa shape index (κ2) is 7.67. The van der Waals surface area contributed by atoms with Crippen molar-refractivity contribution >= 4 is 16.7 Å². The van der Waals surface area contributed by atoms with Crippen molar-refractivity contribution in [3.63, 3.8) is 0 Å². The number of ether oxygens (including phenoxy) is 2. The van der Waals surface area contributed by atoms with Crippen LogP contribution in [0.3, 0.4) is 0 Å². The van der Waals surface area contributed by atoms with E-state index in [9.17, 15) is 5.26 Å². The summed E-state index contributed by atoms with van der Waals surface area (Å²) < 4.78 is 11.2. The average molecular weight is 404 g/mol. The monoisotopic (exact) mass is 404 g/mol. The molecule has 2 aliphatic heterocycles. The number of anilines is 1. The summed E-state index contributed by atoms with van der Waals surface area (Å²) in [7, 11) is 0. The molecule has 3 aromatic heterocycles. The highest BCUT2D eigenvalue weighted by Gasteiger charge is 2.37. The number of nitrogens with one attached hydrogen (secondary N) is 1. The Morgan fingerprint density at radius 3 is 2.80 bits per heavy atom. The van der Waals surface area contributed by atoms with Crippen molar-refractivity contribution in [1.82, 2.24) is 20.2 Å². The van der Waals surface area contributed by atoms with Crippen LogP contribution < -0.4 is 4.90 Å². The first-order chi connectivity index (χ1) is 14.7. The summed E-state index contributed by atoms with van der Waals surface area (Å²) in [4.78, 5) is 11.9. The second-order valence-electron chi connectivity index (χ2n) is 7.98. The van der Waals surface area contributed by atoms with E-state index in [1.165, 1.54) is 0 Å². The molecule has 2 saturated heterocycles. The molecule has 0 unspecified atom stereocenters. The number of nitrogens with zero attached hydrogens (tertiary/aromatic N) is 5. The van der Waals surface area contributed by atoms with Crippen molar-refractivity contribution < 1.29 is 9.47 Å². The van der Waals surface area contributed by atoms with Crippen LogP contribution in [0.1, 0.15) is 25.3 Å². The summed E-state index contributed by atoms with van der Waals surface area (Å²) in [5.41, 5.74) is 2.75. The highest BCUT2D eigenvalue weighted by atomic mass is 16.5. The molecule has 0 aliphatic carbocycles. The number of aromatic nitrogens is 4. The number of hydrogen-bond acceptors (Lipinski definition) is 7. The van der Waals surface area contributed by atoms with Crippen molar-refractivity contribution in [2.24, 2.45) is 0 Å². The minimum atomic E-state index is -0.601. The molecule has 8 nitrogen and oxygen atoms in total. The van der Waals surface area contributed by atoms with Crippen LogP contribution in [0.15, 0.2) is 30.6 Å². The van der Waals surface area contributed by atoms with E-state index < -0.39 is 5.41 Å². The quantitative estimate of drug-likeness (QED) is 0.716. The van der Waals surface area contributed by atoms with Crippen molar-refractivity contribution in [2.75, 3.05) is 37.9 Å². The molecule has 154 valence electrons. The van der Waals surface area contributed by atoms with E-state index in [0.717, 1.165) is 40.2 Å². The number of nitriles is 1. The fourth-order valence-corrected chi connectivity index (χ4v) is 4.49. The minimum absolute atomic E-state index is 0.205. The van der Waals surface area contributed by atoms with E-state index in [2.05, 4.69) is 39.1 Å². The van der Waals surface area contributed by atoms with Gasteiger partial charge in [0.15, 0.2) is 0 Å². The molecule has 1 N–H and O–H groups in total. The number of morpholine rings is 1. The van der Waals surface area contributed by atoms with E-state index >= 15 is 0 Å². The van der Waals surface area contributed by atoms with Gasteiger partial charge in [-0.15, -0.1) is 0 Å². The third-order valence-corrected chi connectivity index (χ3v) is 6.21. The normalized spacial score (nSPS) is 21.5. The van der Waals surface area contributed by atoms with Crippen LogP contribution in [0.25, 0.3) is 22.3 Å². The van der Waals surface area contributed by atoms with Gasteiger partial charge >= 0.3 is 0 Å². The lowest BCUT2D eigenvalue weighted by atomic mass is 9.74. The molecule has 5 rings (SSSR count). The van der Waals surface area contributed by atoms with Crippen LogP contribution in [-0.4, -0.2) is 59.2 Å². The summed E-state index contributed by atoms with van der Waals surface area (Å²) in [5.74, 6) is 0.864.